The summed E-state index contributed by atoms with van der Waals surface area (Å²) in [6.45, 7) is 8.63. The maximum Gasteiger partial charge on any atom is 0.123 e. The predicted octanol–water partition coefficient (Wildman–Crippen LogP) is 2.63. The number of benzene rings is 1. The maximum absolute atomic E-state index is 5.70. The fraction of sp³-hybridized carbons (Fsp3) is 0.625. The fourth-order valence-corrected chi connectivity index (χ4v) is 2.86. The molecule has 0 saturated carbocycles. The number of hydrogen-bond acceptors (Lipinski definition) is 3. The van der Waals surface area contributed by atoms with Gasteiger partial charge in [-0.1, -0.05) is 26.0 Å². The van der Waals surface area contributed by atoms with Gasteiger partial charge in [-0.25, -0.2) is 0 Å². The Bertz CT molecular complexity index is 417. The molecule has 1 atom stereocenters. The van der Waals surface area contributed by atoms with E-state index in [-0.39, 0.29) is 0 Å². The van der Waals surface area contributed by atoms with Crippen LogP contribution in [0.5, 0.6) is 5.75 Å². The van der Waals surface area contributed by atoms with Crippen LogP contribution in [0.25, 0.3) is 0 Å². The van der Waals surface area contributed by atoms with Crippen LogP contribution in [-0.4, -0.2) is 25.1 Å². The summed E-state index contributed by atoms with van der Waals surface area (Å²) in [7, 11) is 1.71. The molecule has 0 radical (unpaired) electrons. The number of ether oxygens (including phenoxy) is 1. The van der Waals surface area contributed by atoms with Crippen molar-refractivity contribution in [3.8, 4) is 5.75 Å². The molecule has 1 fully saturated rings. The first kappa shape index (κ1) is 14.4. The Balaban J connectivity index is 2.00. The van der Waals surface area contributed by atoms with Crippen LogP contribution < -0.4 is 10.5 Å². The Labute approximate surface area is 116 Å². The highest BCUT2D eigenvalue weighted by Crippen LogP contribution is 2.26. The van der Waals surface area contributed by atoms with Crippen molar-refractivity contribution in [2.45, 2.75) is 33.4 Å². The lowest BCUT2D eigenvalue weighted by Gasteiger charge is -2.18. The number of hydrogen-bond donors (Lipinski definition) is 1. The van der Waals surface area contributed by atoms with Crippen LogP contribution in [0.1, 0.15) is 31.4 Å². The average molecular weight is 262 g/mol. The maximum atomic E-state index is 5.70. The first-order valence-electron chi connectivity index (χ1n) is 7.22. The van der Waals surface area contributed by atoms with E-state index < -0.39 is 0 Å². The molecular formula is C16H26N2O. The highest BCUT2D eigenvalue weighted by atomic mass is 16.5. The summed E-state index contributed by atoms with van der Waals surface area (Å²) >= 11 is 0. The van der Waals surface area contributed by atoms with E-state index in [4.69, 9.17) is 10.5 Å². The molecule has 0 aliphatic carbocycles. The van der Waals surface area contributed by atoms with E-state index in [9.17, 15) is 0 Å². The molecule has 0 bridgehead atoms. The van der Waals surface area contributed by atoms with Gasteiger partial charge in [-0.2, -0.15) is 0 Å². The third kappa shape index (κ3) is 3.48. The standard InChI is InChI=1S/C16H26N2O/c1-12(2)15-6-7-18(11-15)10-13-4-5-14(9-17)16(8-13)19-3/h4-5,8,12,15H,6-7,9-11,17H2,1-3H3. The number of methoxy groups -OCH3 is 1. The van der Waals surface area contributed by atoms with Gasteiger partial charge in [0.2, 0.25) is 0 Å². The van der Waals surface area contributed by atoms with Crippen molar-refractivity contribution < 1.29 is 4.74 Å². The van der Waals surface area contributed by atoms with E-state index >= 15 is 0 Å². The summed E-state index contributed by atoms with van der Waals surface area (Å²) in [5.41, 5.74) is 8.10. The number of nitrogens with zero attached hydrogens (tertiary/aromatic N) is 1. The van der Waals surface area contributed by atoms with E-state index in [1.807, 2.05) is 0 Å². The van der Waals surface area contributed by atoms with Crippen molar-refractivity contribution in [1.29, 1.82) is 0 Å². The Morgan fingerprint density at radius 3 is 2.79 bits per heavy atom. The molecule has 19 heavy (non-hydrogen) atoms. The molecule has 1 aliphatic heterocycles. The zero-order valence-corrected chi connectivity index (χ0v) is 12.4. The monoisotopic (exact) mass is 262 g/mol. The molecule has 1 aliphatic rings. The SMILES string of the molecule is COc1cc(CN2CCC(C(C)C)C2)ccc1CN. The molecule has 1 aromatic rings. The van der Waals surface area contributed by atoms with Crippen LogP contribution in [0.3, 0.4) is 0 Å². The van der Waals surface area contributed by atoms with Gasteiger partial charge in [0.25, 0.3) is 0 Å². The first-order chi connectivity index (χ1) is 9.13. The highest BCUT2D eigenvalue weighted by molar-refractivity contribution is 5.37. The number of nitrogens with two attached hydrogens (primary N) is 1. The van der Waals surface area contributed by atoms with Crippen molar-refractivity contribution in [2.75, 3.05) is 20.2 Å². The lowest BCUT2D eigenvalue weighted by Crippen LogP contribution is -2.21. The van der Waals surface area contributed by atoms with Gasteiger partial charge in [0.05, 0.1) is 7.11 Å². The van der Waals surface area contributed by atoms with Crippen LogP contribution in [0.15, 0.2) is 18.2 Å². The van der Waals surface area contributed by atoms with Gasteiger partial charge >= 0.3 is 0 Å². The molecule has 1 aromatic carbocycles. The van der Waals surface area contributed by atoms with Gasteiger partial charge in [-0.15, -0.1) is 0 Å². The van der Waals surface area contributed by atoms with Crippen LogP contribution in [0, 0.1) is 11.8 Å². The highest BCUT2D eigenvalue weighted by Gasteiger charge is 2.24. The molecule has 3 heteroatoms. The van der Waals surface area contributed by atoms with Gasteiger partial charge in [0, 0.05) is 25.2 Å². The number of likely N-dealkylation sites (tertiary alicyclic amines) is 1. The van der Waals surface area contributed by atoms with Crippen LogP contribution in [0.2, 0.25) is 0 Å². The van der Waals surface area contributed by atoms with Crippen LogP contribution in [0.4, 0.5) is 0 Å². The first-order valence-corrected chi connectivity index (χ1v) is 7.22. The average Bonchev–Trinajstić information content (AvgIpc) is 2.87. The lowest BCUT2D eigenvalue weighted by molar-refractivity contribution is 0.296. The molecule has 3 nitrogen and oxygen atoms in total. The van der Waals surface area contributed by atoms with E-state index in [0.29, 0.717) is 6.54 Å². The van der Waals surface area contributed by atoms with E-state index in [2.05, 4.69) is 36.9 Å². The molecule has 1 saturated heterocycles. The third-order valence-electron chi connectivity index (χ3n) is 4.23. The van der Waals surface area contributed by atoms with Crippen molar-refractivity contribution >= 4 is 0 Å². The van der Waals surface area contributed by atoms with Gasteiger partial charge in [0.15, 0.2) is 0 Å². The van der Waals surface area contributed by atoms with Crippen LogP contribution >= 0.6 is 0 Å². The predicted molar refractivity (Wildman–Crippen MR) is 79.1 cm³/mol. The second kappa shape index (κ2) is 6.40. The topological polar surface area (TPSA) is 38.5 Å². The van der Waals surface area contributed by atoms with Crippen LogP contribution in [-0.2, 0) is 13.1 Å². The Morgan fingerprint density at radius 2 is 2.21 bits per heavy atom. The van der Waals surface area contributed by atoms with E-state index in [1.165, 1.54) is 25.1 Å². The molecule has 2 rings (SSSR count). The summed E-state index contributed by atoms with van der Waals surface area (Å²) in [4.78, 5) is 2.54. The van der Waals surface area contributed by atoms with Crippen molar-refractivity contribution in [1.82, 2.24) is 4.90 Å². The quantitative estimate of drug-likeness (QED) is 0.886. The zero-order chi connectivity index (χ0) is 13.8. The Hall–Kier alpha value is -1.06. The minimum atomic E-state index is 0.530. The molecule has 0 amide bonds. The van der Waals surface area contributed by atoms with E-state index in [1.54, 1.807) is 7.11 Å². The summed E-state index contributed by atoms with van der Waals surface area (Å²) in [5.74, 6) is 2.56. The minimum absolute atomic E-state index is 0.530. The third-order valence-corrected chi connectivity index (χ3v) is 4.23. The number of rotatable bonds is 5. The fourth-order valence-electron chi connectivity index (χ4n) is 2.86. The Kier molecular flexibility index (Phi) is 4.83. The molecule has 0 spiro atoms. The van der Waals surface area contributed by atoms with Crippen molar-refractivity contribution in [2.24, 2.45) is 17.6 Å². The molecule has 0 aromatic heterocycles. The molecular weight excluding hydrogens is 236 g/mol. The molecule has 1 heterocycles. The Morgan fingerprint density at radius 1 is 1.42 bits per heavy atom. The van der Waals surface area contributed by atoms with Gasteiger partial charge in [-0.05, 0) is 36.4 Å². The summed E-state index contributed by atoms with van der Waals surface area (Å²) < 4.78 is 5.40. The summed E-state index contributed by atoms with van der Waals surface area (Å²) in [5, 5.41) is 0. The molecule has 106 valence electrons. The normalized spacial score (nSPS) is 20.2. The van der Waals surface area contributed by atoms with Gasteiger partial charge in [-0.3, -0.25) is 4.90 Å². The smallest absolute Gasteiger partial charge is 0.123 e. The van der Waals surface area contributed by atoms with Crippen molar-refractivity contribution in [3.63, 3.8) is 0 Å². The second-order valence-corrected chi connectivity index (χ2v) is 5.88. The summed E-state index contributed by atoms with van der Waals surface area (Å²) in [6, 6.07) is 6.39. The minimum Gasteiger partial charge on any atom is -0.496 e. The van der Waals surface area contributed by atoms with Crippen molar-refractivity contribution in [3.05, 3.63) is 29.3 Å². The summed E-state index contributed by atoms with van der Waals surface area (Å²) in [6.07, 6.45) is 1.33. The largest absolute Gasteiger partial charge is 0.496 e. The lowest BCUT2D eigenvalue weighted by atomic mass is 9.95. The second-order valence-electron chi connectivity index (χ2n) is 5.88. The van der Waals surface area contributed by atoms with E-state index in [0.717, 1.165) is 29.7 Å². The van der Waals surface area contributed by atoms with Gasteiger partial charge < -0.3 is 10.5 Å². The van der Waals surface area contributed by atoms with Gasteiger partial charge in [0.1, 0.15) is 5.75 Å². The molecule has 1 unspecified atom stereocenters. The molecule has 2 N–H and O–H groups in total. The zero-order valence-electron chi connectivity index (χ0n) is 12.4.